The van der Waals surface area contributed by atoms with Crippen molar-refractivity contribution in [3.8, 4) is 0 Å². The van der Waals surface area contributed by atoms with Crippen LogP contribution in [0.4, 0.5) is 11.5 Å². The first-order valence-corrected chi connectivity index (χ1v) is 13.3. The summed E-state index contributed by atoms with van der Waals surface area (Å²) in [5, 5.41) is 3.37. The number of anilines is 2. The molecule has 0 aliphatic carbocycles. The van der Waals surface area contributed by atoms with Crippen LogP contribution in [0.25, 0.3) is 5.70 Å². The molecular weight excluding hydrogens is 494 g/mol. The largest absolute Gasteiger partial charge is 0.378 e. The lowest BCUT2D eigenvalue weighted by Crippen LogP contribution is -2.40. The highest BCUT2D eigenvalue weighted by Gasteiger charge is 2.22. The van der Waals surface area contributed by atoms with Crippen molar-refractivity contribution < 1.29 is 14.3 Å². The number of fused-ring (bicyclic) bond motifs is 1. The molecule has 0 bridgehead atoms. The van der Waals surface area contributed by atoms with E-state index in [4.69, 9.17) is 4.74 Å². The van der Waals surface area contributed by atoms with E-state index in [1.54, 1.807) is 23.4 Å². The zero-order valence-corrected chi connectivity index (χ0v) is 21.7. The Morgan fingerprint density at radius 2 is 1.90 bits per heavy atom. The fraction of sp³-hybridized carbons (Fsp3) is 0.310. The minimum Gasteiger partial charge on any atom is -0.378 e. The summed E-state index contributed by atoms with van der Waals surface area (Å²) in [7, 11) is 0. The number of hydrogen-bond acceptors (Lipinski definition) is 7. The highest BCUT2D eigenvalue weighted by atomic mass is 16.5. The minimum atomic E-state index is -0.0361. The Labute approximate surface area is 227 Å². The fourth-order valence-electron chi connectivity index (χ4n) is 5.01. The fourth-order valence-corrected chi connectivity index (χ4v) is 5.01. The third-order valence-electron chi connectivity index (χ3n) is 7.13. The Morgan fingerprint density at radius 1 is 1.00 bits per heavy atom. The monoisotopic (exact) mass is 525 g/mol. The van der Waals surface area contributed by atoms with Gasteiger partial charge in [0.1, 0.15) is 12.5 Å². The Morgan fingerprint density at radius 3 is 2.69 bits per heavy atom. The first-order chi connectivity index (χ1) is 19.1. The maximum atomic E-state index is 12.8. The number of imidazole rings is 1. The first-order valence-electron chi connectivity index (χ1n) is 13.3. The summed E-state index contributed by atoms with van der Waals surface area (Å²) >= 11 is 0. The maximum absolute atomic E-state index is 12.8. The standard InChI is InChI=1S/C29H31N7O3/c37-27(33-10-2-1-3-11-33)18-22-5-4-6-24(17-22)36-20-25(28-30-9-12-35(28)21-36)32-26-8-7-23(19-31-26)29(38)34-13-15-39-16-14-34/h1-2,4-9,12,17,19-20H,3,10-11,13-16,18,21H2,(H,31,32). The molecule has 1 saturated heterocycles. The molecule has 1 fully saturated rings. The Balaban J connectivity index is 1.18. The molecule has 3 aliphatic heterocycles. The van der Waals surface area contributed by atoms with Gasteiger partial charge in [-0.2, -0.15) is 0 Å². The number of carbonyl (C=O) groups is 2. The van der Waals surface area contributed by atoms with Gasteiger partial charge in [0.15, 0.2) is 5.82 Å². The topological polar surface area (TPSA) is 95.8 Å². The highest BCUT2D eigenvalue weighted by Crippen LogP contribution is 2.27. The van der Waals surface area contributed by atoms with Crippen LogP contribution in [0.15, 0.2) is 73.3 Å². The number of nitrogens with one attached hydrogen (secondary N) is 1. The molecule has 1 aromatic carbocycles. The van der Waals surface area contributed by atoms with Gasteiger partial charge in [-0.15, -0.1) is 0 Å². The second-order valence-corrected chi connectivity index (χ2v) is 9.78. The smallest absolute Gasteiger partial charge is 0.255 e. The van der Waals surface area contributed by atoms with Crippen molar-refractivity contribution in [1.29, 1.82) is 0 Å². The molecule has 6 rings (SSSR count). The molecule has 3 aromatic rings. The van der Waals surface area contributed by atoms with Gasteiger partial charge >= 0.3 is 0 Å². The molecule has 10 nitrogen and oxygen atoms in total. The van der Waals surface area contributed by atoms with Gasteiger partial charge in [0.25, 0.3) is 5.91 Å². The molecule has 0 saturated carbocycles. The van der Waals surface area contributed by atoms with Gasteiger partial charge < -0.3 is 29.3 Å². The van der Waals surface area contributed by atoms with E-state index in [0.29, 0.717) is 57.3 Å². The molecule has 0 unspecified atom stereocenters. The summed E-state index contributed by atoms with van der Waals surface area (Å²) in [4.78, 5) is 40.4. The average Bonchev–Trinajstić information content (AvgIpc) is 3.48. The molecule has 2 amide bonds. The Hall–Kier alpha value is -4.44. The normalized spacial score (nSPS) is 17.0. The summed E-state index contributed by atoms with van der Waals surface area (Å²) in [5.41, 5.74) is 3.30. The van der Waals surface area contributed by atoms with Gasteiger partial charge in [0.2, 0.25) is 5.91 Å². The lowest BCUT2D eigenvalue weighted by Gasteiger charge is -2.29. The van der Waals surface area contributed by atoms with Crippen molar-refractivity contribution in [3.63, 3.8) is 0 Å². The molecule has 10 heteroatoms. The van der Waals surface area contributed by atoms with Gasteiger partial charge in [0.05, 0.1) is 30.9 Å². The zero-order chi connectivity index (χ0) is 26.6. The highest BCUT2D eigenvalue weighted by molar-refractivity contribution is 5.94. The molecule has 0 atom stereocenters. The van der Waals surface area contributed by atoms with E-state index >= 15 is 0 Å². The predicted molar refractivity (Wildman–Crippen MR) is 148 cm³/mol. The molecule has 5 heterocycles. The van der Waals surface area contributed by atoms with Crippen LogP contribution in [0.1, 0.15) is 28.2 Å². The van der Waals surface area contributed by atoms with E-state index in [-0.39, 0.29) is 11.8 Å². The van der Waals surface area contributed by atoms with Crippen LogP contribution in [0.3, 0.4) is 0 Å². The number of pyridine rings is 1. The maximum Gasteiger partial charge on any atom is 0.255 e. The number of benzene rings is 1. The van der Waals surface area contributed by atoms with Crippen LogP contribution in [-0.2, 0) is 22.6 Å². The van der Waals surface area contributed by atoms with Gasteiger partial charge in [0, 0.05) is 56.7 Å². The van der Waals surface area contributed by atoms with Crippen LogP contribution in [0, 0.1) is 0 Å². The van der Waals surface area contributed by atoms with Gasteiger partial charge in [-0.05, 0) is 36.2 Å². The number of carbonyl (C=O) groups excluding carboxylic acids is 2. The lowest BCUT2D eigenvalue weighted by atomic mass is 10.1. The molecule has 200 valence electrons. The summed E-state index contributed by atoms with van der Waals surface area (Å²) in [6, 6.07) is 11.7. The third-order valence-corrected chi connectivity index (χ3v) is 7.13. The number of nitrogens with zero attached hydrogens (tertiary/aromatic N) is 6. The molecule has 3 aliphatic rings. The minimum absolute atomic E-state index is 0.0361. The average molecular weight is 526 g/mol. The Kier molecular flexibility index (Phi) is 7.09. The van der Waals surface area contributed by atoms with Crippen molar-refractivity contribution in [2.24, 2.45) is 0 Å². The quantitative estimate of drug-likeness (QED) is 0.495. The number of hydrogen-bond donors (Lipinski definition) is 1. The second-order valence-electron chi connectivity index (χ2n) is 9.78. The number of morpholine rings is 1. The van der Waals surface area contributed by atoms with Crippen molar-refractivity contribution in [3.05, 3.63) is 90.3 Å². The number of aromatic nitrogens is 3. The van der Waals surface area contributed by atoms with Crippen molar-refractivity contribution in [2.45, 2.75) is 19.5 Å². The number of rotatable bonds is 6. The molecule has 39 heavy (non-hydrogen) atoms. The zero-order valence-electron chi connectivity index (χ0n) is 21.7. The van der Waals surface area contributed by atoms with Crippen LogP contribution in [-0.4, -0.2) is 75.5 Å². The molecule has 1 N–H and O–H groups in total. The van der Waals surface area contributed by atoms with Gasteiger partial charge in [-0.1, -0.05) is 24.3 Å². The molecule has 0 spiro atoms. The van der Waals surface area contributed by atoms with Gasteiger partial charge in [-0.25, -0.2) is 9.97 Å². The summed E-state index contributed by atoms with van der Waals surface area (Å²) in [5.74, 6) is 1.52. The van der Waals surface area contributed by atoms with Crippen LogP contribution in [0.5, 0.6) is 0 Å². The number of amides is 2. The molecular formula is C29H31N7O3. The van der Waals surface area contributed by atoms with E-state index in [9.17, 15) is 9.59 Å². The van der Waals surface area contributed by atoms with E-state index in [2.05, 4.69) is 43.0 Å². The first kappa shape index (κ1) is 24.9. The Bertz CT molecular complexity index is 1410. The summed E-state index contributed by atoms with van der Waals surface area (Å²) in [6.07, 6.45) is 12.8. The third kappa shape index (κ3) is 5.56. The number of ether oxygens (including phenoxy) is 1. The van der Waals surface area contributed by atoms with Crippen molar-refractivity contribution >= 4 is 29.0 Å². The van der Waals surface area contributed by atoms with Crippen LogP contribution < -0.4 is 10.2 Å². The van der Waals surface area contributed by atoms with E-state index < -0.39 is 0 Å². The molecule has 2 aromatic heterocycles. The van der Waals surface area contributed by atoms with E-state index in [1.807, 2.05) is 41.6 Å². The van der Waals surface area contributed by atoms with E-state index in [0.717, 1.165) is 35.7 Å². The van der Waals surface area contributed by atoms with Gasteiger partial charge in [-0.3, -0.25) is 9.59 Å². The van der Waals surface area contributed by atoms with Crippen molar-refractivity contribution in [2.75, 3.05) is 49.6 Å². The lowest BCUT2D eigenvalue weighted by molar-refractivity contribution is -0.130. The second kappa shape index (κ2) is 11.1. The summed E-state index contributed by atoms with van der Waals surface area (Å²) in [6.45, 7) is 4.36. The molecule has 0 radical (unpaired) electrons. The van der Waals surface area contributed by atoms with E-state index in [1.165, 1.54) is 0 Å². The SMILES string of the molecule is O=C(Cc1cccc(N2C=C(Nc3ccc(C(=O)N4CCOCC4)cn3)c3nccn3C2)c1)N1CC=CCC1. The predicted octanol–water partition coefficient (Wildman–Crippen LogP) is 2.97. The van der Waals surface area contributed by atoms with Crippen molar-refractivity contribution in [1.82, 2.24) is 24.3 Å². The summed E-state index contributed by atoms with van der Waals surface area (Å²) < 4.78 is 7.40. The van der Waals surface area contributed by atoms with Crippen LogP contribution >= 0.6 is 0 Å². The van der Waals surface area contributed by atoms with Crippen LogP contribution in [0.2, 0.25) is 0 Å².